The van der Waals surface area contributed by atoms with Crippen molar-refractivity contribution in [2.45, 2.75) is 11.8 Å². The van der Waals surface area contributed by atoms with E-state index in [1.54, 1.807) is 6.92 Å². The van der Waals surface area contributed by atoms with Crippen LogP contribution < -0.4 is 4.72 Å². The van der Waals surface area contributed by atoms with Gasteiger partial charge in [-0.1, -0.05) is 15.9 Å². The SMILES string of the molecule is CCOC(=O)CNS(=O)(=O)c1cc(Br)cc(C(=O)O)c1F. The van der Waals surface area contributed by atoms with Gasteiger partial charge >= 0.3 is 11.9 Å². The molecule has 7 nitrogen and oxygen atoms in total. The second-order valence-corrected chi connectivity index (χ2v) is 6.35. The largest absolute Gasteiger partial charge is 0.478 e. The van der Waals surface area contributed by atoms with Gasteiger partial charge in [-0.15, -0.1) is 0 Å². The molecule has 2 N–H and O–H groups in total. The molecule has 0 fully saturated rings. The van der Waals surface area contributed by atoms with Crippen LogP contribution in [0.3, 0.4) is 0 Å². The molecular weight excluding hydrogens is 373 g/mol. The lowest BCUT2D eigenvalue weighted by Gasteiger charge is -2.09. The number of ether oxygens (including phenoxy) is 1. The fourth-order valence-corrected chi connectivity index (χ4v) is 3.06. The van der Waals surface area contributed by atoms with E-state index in [1.807, 2.05) is 4.72 Å². The van der Waals surface area contributed by atoms with Crippen LogP contribution in [0.25, 0.3) is 0 Å². The first kappa shape index (κ1) is 17.5. The number of sulfonamides is 1. The van der Waals surface area contributed by atoms with E-state index in [0.29, 0.717) is 0 Å². The second kappa shape index (κ2) is 6.96. The molecule has 0 aromatic heterocycles. The third kappa shape index (κ3) is 4.48. The topological polar surface area (TPSA) is 110 Å². The minimum Gasteiger partial charge on any atom is -0.478 e. The third-order valence-electron chi connectivity index (χ3n) is 2.24. The number of hydrogen-bond acceptors (Lipinski definition) is 5. The first-order valence-corrected chi connectivity index (χ1v) is 7.84. The molecule has 10 heteroatoms. The lowest BCUT2D eigenvalue weighted by Crippen LogP contribution is -2.31. The molecular formula is C11H11BrFNO6S. The Morgan fingerprint density at radius 3 is 2.57 bits per heavy atom. The summed E-state index contributed by atoms with van der Waals surface area (Å²) in [5.74, 6) is -3.87. The number of carbonyl (C=O) groups is 2. The zero-order valence-corrected chi connectivity index (χ0v) is 13.1. The Balaban J connectivity index is 3.14. The normalized spacial score (nSPS) is 11.2. The van der Waals surface area contributed by atoms with Crippen molar-refractivity contribution in [2.75, 3.05) is 13.2 Å². The number of rotatable bonds is 6. The number of esters is 1. The van der Waals surface area contributed by atoms with E-state index in [1.165, 1.54) is 0 Å². The van der Waals surface area contributed by atoms with Crippen LogP contribution in [0.4, 0.5) is 4.39 Å². The molecule has 0 aliphatic heterocycles. The van der Waals surface area contributed by atoms with Gasteiger partial charge in [-0.25, -0.2) is 17.6 Å². The summed E-state index contributed by atoms with van der Waals surface area (Å²) in [7, 11) is -4.40. The van der Waals surface area contributed by atoms with Gasteiger partial charge in [0.05, 0.1) is 12.2 Å². The molecule has 0 amide bonds. The Morgan fingerprint density at radius 2 is 2.05 bits per heavy atom. The Bertz CT molecular complexity index is 676. The molecule has 1 aromatic carbocycles. The van der Waals surface area contributed by atoms with Gasteiger partial charge in [-0.05, 0) is 19.1 Å². The zero-order chi connectivity index (χ0) is 16.2. The average molecular weight is 384 g/mol. The fraction of sp³-hybridized carbons (Fsp3) is 0.273. The van der Waals surface area contributed by atoms with Gasteiger partial charge in [0.25, 0.3) is 0 Å². The van der Waals surface area contributed by atoms with Crippen molar-refractivity contribution >= 4 is 37.9 Å². The number of hydrogen-bond donors (Lipinski definition) is 2. The summed E-state index contributed by atoms with van der Waals surface area (Å²) in [5, 5.41) is 8.82. The van der Waals surface area contributed by atoms with Gasteiger partial charge in [-0.2, -0.15) is 4.72 Å². The maximum Gasteiger partial charge on any atom is 0.338 e. The summed E-state index contributed by atoms with van der Waals surface area (Å²) in [5.41, 5.74) is -0.805. The number of halogens is 2. The molecule has 0 radical (unpaired) electrons. The molecule has 0 atom stereocenters. The number of carboxylic acid groups (broad SMARTS) is 1. The van der Waals surface area contributed by atoms with Crippen molar-refractivity contribution in [2.24, 2.45) is 0 Å². The summed E-state index contributed by atoms with van der Waals surface area (Å²) >= 11 is 2.90. The predicted molar refractivity (Wildman–Crippen MR) is 72.9 cm³/mol. The summed E-state index contributed by atoms with van der Waals surface area (Å²) < 4.78 is 44.2. The second-order valence-electron chi connectivity index (χ2n) is 3.70. The highest BCUT2D eigenvalue weighted by Crippen LogP contribution is 2.24. The Hall–Kier alpha value is -1.52. The van der Waals surface area contributed by atoms with E-state index in [9.17, 15) is 22.4 Å². The highest BCUT2D eigenvalue weighted by atomic mass is 79.9. The lowest BCUT2D eigenvalue weighted by molar-refractivity contribution is -0.141. The molecule has 0 saturated carbocycles. The highest BCUT2D eigenvalue weighted by Gasteiger charge is 2.25. The van der Waals surface area contributed by atoms with Crippen LogP contribution in [0.1, 0.15) is 17.3 Å². The number of aromatic carboxylic acids is 1. The predicted octanol–water partition coefficient (Wildman–Crippen LogP) is 1.13. The van der Waals surface area contributed by atoms with Crippen LogP contribution in [0, 0.1) is 5.82 Å². The molecule has 0 bridgehead atoms. The summed E-state index contributed by atoms with van der Waals surface area (Å²) in [6.07, 6.45) is 0. The fourth-order valence-electron chi connectivity index (χ4n) is 1.36. The zero-order valence-electron chi connectivity index (χ0n) is 10.7. The van der Waals surface area contributed by atoms with Gasteiger partial charge in [0.2, 0.25) is 10.0 Å². The van der Waals surface area contributed by atoms with Crippen LogP contribution in [-0.2, 0) is 19.6 Å². The third-order valence-corrected chi connectivity index (χ3v) is 4.09. The van der Waals surface area contributed by atoms with Gasteiger partial charge < -0.3 is 9.84 Å². The van der Waals surface area contributed by atoms with Gasteiger partial charge in [-0.3, -0.25) is 4.79 Å². The van der Waals surface area contributed by atoms with Gasteiger partial charge in [0, 0.05) is 4.47 Å². The summed E-state index contributed by atoms with van der Waals surface area (Å²) in [4.78, 5) is 21.1. The number of nitrogens with one attached hydrogen (secondary N) is 1. The molecule has 0 aliphatic rings. The van der Waals surface area contributed by atoms with E-state index in [0.717, 1.165) is 12.1 Å². The maximum absolute atomic E-state index is 13.9. The minimum atomic E-state index is -4.40. The van der Waals surface area contributed by atoms with Crippen LogP contribution in [0.15, 0.2) is 21.5 Å². The molecule has 0 heterocycles. The van der Waals surface area contributed by atoms with Crippen LogP contribution >= 0.6 is 15.9 Å². The van der Waals surface area contributed by atoms with Crippen molar-refractivity contribution in [1.82, 2.24) is 4.72 Å². The van der Waals surface area contributed by atoms with Crippen LogP contribution in [0.2, 0.25) is 0 Å². The minimum absolute atomic E-state index is 0.0645. The molecule has 0 aliphatic carbocycles. The number of benzene rings is 1. The van der Waals surface area contributed by atoms with Gasteiger partial charge in [0.1, 0.15) is 11.4 Å². The van der Waals surface area contributed by atoms with Crippen molar-refractivity contribution in [3.05, 3.63) is 28.0 Å². The molecule has 21 heavy (non-hydrogen) atoms. The van der Waals surface area contributed by atoms with E-state index < -0.39 is 44.8 Å². The molecule has 0 spiro atoms. The standard InChI is InChI=1S/C11H11BrFNO6S/c1-2-20-9(15)5-14-21(18,19)8-4-6(12)3-7(10(8)13)11(16)17/h3-4,14H,2,5H2,1H3,(H,16,17). The first-order valence-electron chi connectivity index (χ1n) is 5.56. The maximum atomic E-state index is 13.9. The van der Waals surface area contributed by atoms with Gasteiger partial charge in [0.15, 0.2) is 5.82 Å². The average Bonchev–Trinajstić information content (AvgIpc) is 2.39. The quantitative estimate of drug-likeness (QED) is 0.712. The highest BCUT2D eigenvalue weighted by molar-refractivity contribution is 9.10. The van der Waals surface area contributed by atoms with Crippen LogP contribution in [0.5, 0.6) is 0 Å². The first-order chi connectivity index (χ1) is 9.69. The molecule has 0 unspecified atom stereocenters. The van der Waals surface area contributed by atoms with E-state index in [-0.39, 0.29) is 11.1 Å². The van der Waals surface area contributed by atoms with Crippen molar-refractivity contribution in [3.8, 4) is 0 Å². The van der Waals surface area contributed by atoms with Crippen molar-refractivity contribution in [1.29, 1.82) is 0 Å². The monoisotopic (exact) mass is 383 g/mol. The smallest absolute Gasteiger partial charge is 0.338 e. The summed E-state index contributed by atoms with van der Waals surface area (Å²) in [6.45, 7) is 0.916. The number of carboxylic acids is 1. The van der Waals surface area contributed by atoms with E-state index in [4.69, 9.17) is 5.11 Å². The Kier molecular flexibility index (Phi) is 5.81. The summed E-state index contributed by atoms with van der Waals surface area (Å²) in [6, 6.07) is 1.83. The molecule has 1 aromatic rings. The Labute approximate surface area is 128 Å². The molecule has 116 valence electrons. The van der Waals surface area contributed by atoms with E-state index >= 15 is 0 Å². The molecule has 0 saturated heterocycles. The number of carbonyl (C=O) groups excluding carboxylic acids is 1. The Morgan fingerprint density at radius 1 is 1.43 bits per heavy atom. The van der Waals surface area contributed by atoms with Crippen molar-refractivity contribution < 1.29 is 32.2 Å². The van der Waals surface area contributed by atoms with E-state index in [2.05, 4.69) is 20.7 Å². The lowest BCUT2D eigenvalue weighted by atomic mass is 10.2. The molecule has 1 rings (SSSR count). The van der Waals surface area contributed by atoms with Crippen molar-refractivity contribution in [3.63, 3.8) is 0 Å². The van der Waals surface area contributed by atoms with Crippen LogP contribution in [-0.4, -0.2) is 38.6 Å².